The van der Waals surface area contributed by atoms with Gasteiger partial charge in [-0.3, -0.25) is 4.79 Å². The van der Waals surface area contributed by atoms with Gasteiger partial charge in [0.1, 0.15) is 0 Å². The van der Waals surface area contributed by atoms with E-state index in [0.717, 1.165) is 37.2 Å². The molecule has 0 aliphatic heterocycles. The Balaban J connectivity index is 2.16. The smallest absolute Gasteiger partial charge is 0.305 e. The van der Waals surface area contributed by atoms with E-state index in [-0.39, 0.29) is 5.97 Å². The van der Waals surface area contributed by atoms with Crippen LogP contribution in [0.1, 0.15) is 37.1 Å². The number of hydrogen-bond acceptors (Lipinski definition) is 5. The van der Waals surface area contributed by atoms with E-state index in [9.17, 15) is 4.79 Å². The molecular formula is C13H21N3O2. The second kappa shape index (κ2) is 7.63. The lowest BCUT2D eigenvalue weighted by molar-refractivity contribution is -0.140. The summed E-state index contributed by atoms with van der Waals surface area (Å²) in [5, 5.41) is 3.19. The van der Waals surface area contributed by atoms with E-state index in [4.69, 9.17) is 0 Å². The van der Waals surface area contributed by atoms with E-state index in [1.165, 1.54) is 7.11 Å². The largest absolute Gasteiger partial charge is 0.469 e. The first-order valence-electron chi connectivity index (χ1n) is 6.25. The summed E-state index contributed by atoms with van der Waals surface area (Å²) >= 11 is 0. The fraction of sp³-hybridized carbons (Fsp3) is 0.615. The second-order valence-electron chi connectivity index (χ2n) is 4.29. The van der Waals surface area contributed by atoms with Crippen LogP contribution in [0.2, 0.25) is 0 Å². The average molecular weight is 251 g/mol. The van der Waals surface area contributed by atoms with Crippen LogP contribution in [0.4, 0.5) is 5.95 Å². The lowest BCUT2D eigenvalue weighted by atomic mass is 10.2. The number of carbonyl (C=O) groups is 1. The number of aryl methyl sites for hydroxylation is 2. The number of methoxy groups -OCH3 is 1. The predicted molar refractivity (Wildman–Crippen MR) is 70.5 cm³/mol. The summed E-state index contributed by atoms with van der Waals surface area (Å²) in [6, 6.07) is 1.95. The van der Waals surface area contributed by atoms with Crippen molar-refractivity contribution in [1.82, 2.24) is 9.97 Å². The SMILES string of the molecule is COC(=O)CCCCCNc1nc(C)cc(C)n1. The van der Waals surface area contributed by atoms with E-state index in [2.05, 4.69) is 20.0 Å². The van der Waals surface area contributed by atoms with E-state index < -0.39 is 0 Å². The average Bonchev–Trinajstić information content (AvgIpc) is 2.32. The van der Waals surface area contributed by atoms with Crippen molar-refractivity contribution in [2.45, 2.75) is 39.5 Å². The normalized spacial score (nSPS) is 10.2. The predicted octanol–water partition coefficient (Wildman–Crippen LogP) is 2.24. The molecule has 0 saturated heterocycles. The first-order chi connectivity index (χ1) is 8.61. The maximum absolute atomic E-state index is 10.9. The van der Waals surface area contributed by atoms with Crippen molar-refractivity contribution in [3.63, 3.8) is 0 Å². The Bertz CT molecular complexity index is 374. The Kier molecular flexibility index (Phi) is 6.11. The summed E-state index contributed by atoms with van der Waals surface area (Å²) < 4.78 is 4.58. The van der Waals surface area contributed by atoms with Gasteiger partial charge in [0.05, 0.1) is 7.11 Å². The number of unbranched alkanes of at least 4 members (excludes halogenated alkanes) is 2. The molecule has 0 aliphatic rings. The Morgan fingerprint density at radius 1 is 1.22 bits per heavy atom. The van der Waals surface area contributed by atoms with Crippen LogP contribution in [0.5, 0.6) is 0 Å². The number of esters is 1. The Morgan fingerprint density at radius 3 is 2.50 bits per heavy atom. The third kappa shape index (κ3) is 5.61. The van der Waals surface area contributed by atoms with Crippen molar-refractivity contribution >= 4 is 11.9 Å². The molecule has 0 bridgehead atoms. The van der Waals surface area contributed by atoms with Crippen LogP contribution in [0, 0.1) is 13.8 Å². The van der Waals surface area contributed by atoms with Gasteiger partial charge >= 0.3 is 5.97 Å². The lowest BCUT2D eigenvalue weighted by Crippen LogP contribution is -2.07. The molecule has 1 aromatic heterocycles. The van der Waals surface area contributed by atoms with Gasteiger partial charge in [0.15, 0.2) is 0 Å². The number of anilines is 1. The van der Waals surface area contributed by atoms with Gasteiger partial charge in [-0.2, -0.15) is 0 Å². The molecule has 1 aromatic rings. The molecule has 0 aromatic carbocycles. The van der Waals surface area contributed by atoms with Crippen LogP contribution in [-0.2, 0) is 9.53 Å². The number of carbonyl (C=O) groups excluding carboxylic acids is 1. The Hall–Kier alpha value is -1.65. The van der Waals surface area contributed by atoms with E-state index in [0.29, 0.717) is 12.4 Å². The van der Waals surface area contributed by atoms with Gasteiger partial charge in [-0.15, -0.1) is 0 Å². The van der Waals surface area contributed by atoms with Crippen molar-refractivity contribution in [1.29, 1.82) is 0 Å². The van der Waals surface area contributed by atoms with Gasteiger partial charge in [-0.25, -0.2) is 9.97 Å². The molecule has 18 heavy (non-hydrogen) atoms. The standard InChI is InChI=1S/C13H21N3O2/c1-10-9-11(2)16-13(15-10)14-8-6-4-5-7-12(17)18-3/h9H,4-8H2,1-3H3,(H,14,15,16). The Morgan fingerprint density at radius 2 is 1.89 bits per heavy atom. The molecule has 0 fully saturated rings. The molecule has 0 radical (unpaired) electrons. The number of nitrogens with one attached hydrogen (secondary N) is 1. The zero-order chi connectivity index (χ0) is 13.4. The number of ether oxygens (including phenoxy) is 1. The summed E-state index contributed by atoms with van der Waals surface area (Å²) in [6.07, 6.45) is 3.35. The molecule has 0 unspecified atom stereocenters. The second-order valence-corrected chi connectivity index (χ2v) is 4.29. The zero-order valence-electron chi connectivity index (χ0n) is 11.3. The molecule has 0 aliphatic carbocycles. The third-order valence-corrected chi connectivity index (χ3v) is 2.55. The van der Waals surface area contributed by atoms with Crippen molar-refractivity contribution in [2.75, 3.05) is 19.0 Å². The van der Waals surface area contributed by atoms with Crippen molar-refractivity contribution in [3.8, 4) is 0 Å². The van der Waals surface area contributed by atoms with E-state index >= 15 is 0 Å². The summed E-state index contributed by atoms with van der Waals surface area (Å²) in [5.74, 6) is 0.543. The molecule has 0 atom stereocenters. The highest BCUT2D eigenvalue weighted by Gasteiger charge is 2.00. The van der Waals surface area contributed by atoms with Crippen LogP contribution < -0.4 is 5.32 Å². The monoisotopic (exact) mass is 251 g/mol. The molecule has 0 spiro atoms. The van der Waals surface area contributed by atoms with Crippen molar-refractivity contribution < 1.29 is 9.53 Å². The highest BCUT2D eigenvalue weighted by molar-refractivity contribution is 5.68. The molecule has 1 N–H and O–H groups in total. The van der Waals surface area contributed by atoms with Gasteiger partial charge < -0.3 is 10.1 Å². The van der Waals surface area contributed by atoms with Crippen LogP contribution in [0.25, 0.3) is 0 Å². The minimum atomic E-state index is -0.138. The van der Waals surface area contributed by atoms with Gasteiger partial charge in [-0.1, -0.05) is 6.42 Å². The maximum Gasteiger partial charge on any atom is 0.305 e. The van der Waals surface area contributed by atoms with Gasteiger partial charge in [0, 0.05) is 24.4 Å². The minimum Gasteiger partial charge on any atom is -0.469 e. The molecule has 0 amide bonds. The molecule has 100 valence electrons. The number of hydrogen-bond donors (Lipinski definition) is 1. The fourth-order valence-electron chi connectivity index (χ4n) is 1.68. The van der Waals surface area contributed by atoms with Crippen molar-refractivity contribution in [3.05, 3.63) is 17.5 Å². The molecule has 0 saturated carbocycles. The fourth-order valence-corrected chi connectivity index (χ4v) is 1.68. The highest BCUT2D eigenvalue weighted by atomic mass is 16.5. The Labute approximate surface area is 108 Å². The van der Waals surface area contributed by atoms with E-state index in [1.807, 2.05) is 19.9 Å². The summed E-state index contributed by atoms with van der Waals surface area (Å²) in [5.41, 5.74) is 1.94. The van der Waals surface area contributed by atoms with Gasteiger partial charge in [-0.05, 0) is 32.8 Å². The molecule has 5 nitrogen and oxygen atoms in total. The molecule has 5 heteroatoms. The first kappa shape index (κ1) is 14.4. The number of aromatic nitrogens is 2. The van der Waals surface area contributed by atoms with Crippen LogP contribution >= 0.6 is 0 Å². The maximum atomic E-state index is 10.9. The van der Waals surface area contributed by atoms with Gasteiger partial charge in [0.25, 0.3) is 0 Å². The third-order valence-electron chi connectivity index (χ3n) is 2.55. The minimum absolute atomic E-state index is 0.138. The molecule has 1 heterocycles. The number of rotatable bonds is 7. The first-order valence-corrected chi connectivity index (χ1v) is 6.25. The summed E-state index contributed by atoms with van der Waals surface area (Å²) in [4.78, 5) is 19.5. The lowest BCUT2D eigenvalue weighted by Gasteiger charge is -2.06. The molecular weight excluding hydrogens is 230 g/mol. The summed E-state index contributed by atoms with van der Waals surface area (Å²) in [6.45, 7) is 4.73. The summed E-state index contributed by atoms with van der Waals surface area (Å²) in [7, 11) is 1.42. The van der Waals surface area contributed by atoms with Crippen LogP contribution in [0.3, 0.4) is 0 Å². The van der Waals surface area contributed by atoms with Gasteiger partial charge in [0.2, 0.25) is 5.95 Å². The van der Waals surface area contributed by atoms with Crippen LogP contribution in [0.15, 0.2) is 6.07 Å². The topological polar surface area (TPSA) is 64.1 Å². The molecule has 1 rings (SSSR count). The quantitative estimate of drug-likeness (QED) is 0.594. The number of nitrogens with zero attached hydrogens (tertiary/aromatic N) is 2. The van der Waals surface area contributed by atoms with Crippen LogP contribution in [-0.4, -0.2) is 29.6 Å². The zero-order valence-corrected chi connectivity index (χ0v) is 11.3. The van der Waals surface area contributed by atoms with E-state index in [1.54, 1.807) is 0 Å². The highest BCUT2D eigenvalue weighted by Crippen LogP contribution is 2.05. The van der Waals surface area contributed by atoms with Crippen molar-refractivity contribution in [2.24, 2.45) is 0 Å².